The van der Waals surface area contributed by atoms with E-state index in [0.29, 0.717) is 5.41 Å². The van der Waals surface area contributed by atoms with Crippen molar-refractivity contribution in [2.75, 3.05) is 13.1 Å². The van der Waals surface area contributed by atoms with Crippen molar-refractivity contribution in [3.8, 4) is 6.07 Å². The van der Waals surface area contributed by atoms with Crippen LogP contribution in [0.3, 0.4) is 0 Å². The molecule has 0 aromatic rings. The highest BCUT2D eigenvalue weighted by molar-refractivity contribution is 5.11. The van der Waals surface area contributed by atoms with Crippen molar-refractivity contribution in [2.45, 2.75) is 46.0 Å². The minimum absolute atomic E-state index is 0.00962. The summed E-state index contributed by atoms with van der Waals surface area (Å²) in [6.45, 7) is 6.69. The molecule has 0 amide bonds. The lowest BCUT2D eigenvalue weighted by Gasteiger charge is -2.40. The lowest BCUT2D eigenvalue weighted by molar-refractivity contribution is 0.118. The van der Waals surface area contributed by atoms with E-state index in [0.717, 1.165) is 31.8 Å². The summed E-state index contributed by atoms with van der Waals surface area (Å²) in [6, 6.07) is 2.43. The topological polar surface area (TPSA) is 35.8 Å². The molecule has 2 heteroatoms. The van der Waals surface area contributed by atoms with Crippen LogP contribution in [0, 0.1) is 28.1 Å². The van der Waals surface area contributed by atoms with Gasteiger partial charge in [-0.3, -0.25) is 0 Å². The molecule has 2 aliphatic rings. The first-order valence-electron chi connectivity index (χ1n) is 6.20. The molecule has 2 fully saturated rings. The van der Waals surface area contributed by atoms with Crippen LogP contribution in [0.4, 0.5) is 0 Å². The SMILES string of the molecule is CC(C)(CNCC1(C#N)CC1)C1CCC1. The molecule has 2 rings (SSSR count). The molecule has 0 aromatic heterocycles. The molecule has 1 N–H and O–H groups in total. The monoisotopic (exact) mass is 206 g/mol. The first-order valence-corrected chi connectivity index (χ1v) is 6.20. The number of hydrogen-bond acceptors (Lipinski definition) is 2. The summed E-state index contributed by atoms with van der Waals surface area (Å²) in [7, 11) is 0. The molecular weight excluding hydrogens is 184 g/mol. The van der Waals surface area contributed by atoms with Gasteiger partial charge in [-0.2, -0.15) is 5.26 Å². The van der Waals surface area contributed by atoms with Crippen LogP contribution in [-0.4, -0.2) is 13.1 Å². The first kappa shape index (κ1) is 11.0. The third kappa shape index (κ3) is 2.34. The summed E-state index contributed by atoms with van der Waals surface area (Å²) in [5.41, 5.74) is 0.430. The molecule has 0 unspecified atom stereocenters. The van der Waals surface area contributed by atoms with Gasteiger partial charge in [0.15, 0.2) is 0 Å². The fourth-order valence-electron chi connectivity index (χ4n) is 2.44. The van der Waals surface area contributed by atoms with Gasteiger partial charge < -0.3 is 5.32 Å². The third-order valence-corrected chi connectivity index (χ3v) is 4.35. The Hall–Kier alpha value is -0.550. The fraction of sp³-hybridized carbons (Fsp3) is 0.923. The molecule has 2 saturated carbocycles. The van der Waals surface area contributed by atoms with Crippen molar-refractivity contribution in [2.24, 2.45) is 16.7 Å². The number of nitrogens with one attached hydrogen (secondary N) is 1. The van der Waals surface area contributed by atoms with Gasteiger partial charge in [0.2, 0.25) is 0 Å². The van der Waals surface area contributed by atoms with E-state index < -0.39 is 0 Å². The summed E-state index contributed by atoms with van der Waals surface area (Å²) in [4.78, 5) is 0. The minimum Gasteiger partial charge on any atom is -0.315 e. The van der Waals surface area contributed by atoms with Gasteiger partial charge in [-0.1, -0.05) is 20.3 Å². The summed E-state index contributed by atoms with van der Waals surface area (Å²) < 4.78 is 0. The maximum atomic E-state index is 8.96. The highest BCUT2D eigenvalue weighted by atomic mass is 14.9. The Morgan fingerprint density at radius 2 is 2.07 bits per heavy atom. The van der Waals surface area contributed by atoms with Crippen molar-refractivity contribution in [3.63, 3.8) is 0 Å². The average molecular weight is 206 g/mol. The predicted molar refractivity (Wildman–Crippen MR) is 61.3 cm³/mol. The van der Waals surface area contributed by atoms with Crippen LogP contribution >= 0.6 is 0 Å². The van der Waals surface area contributed by atoms with Crippen molar-refractivity contribution in [1.82, 2.24) is 5.32 Å². The van der Waals surface area contributed by atoms with Gasteiger partial charge in [0, 0.05) is 13.1 Å². The second-order valence-electron chi connectivity index (χ2n) is 6.11. The third-order valence-electron chi connectivity index (χ3n) is 4.35. The quantitative estimate of drug-likeness (QED) is 0.750. The van der Waals surface area contributed by atoms with E-state index in [1.165, 1.54) is 19.3 Å². The van der Waals surface area contributed by atoms with Crippen molar-refractivity contribution in [3.05, 3.63) is 0 Å². The Bertz CT molecular complexity index is 267. The fourth-order valence-corrected chi connectivity index (χ4v) is 2.44. The van der Waals surface area contributed by atoms with Crippen molar-refractivity contribution >= 4 is 0 Å². The Balaban J connectivity index is 1.71. The molecule has 0 saturated heterocycles. The smallest absolute Gasteiger partial charge is 0.0703 e. The lowest BCUT2D eigenvalue weighted by Crippen LogP contribution is -2.40. The van der Waals surface area contributed by atoms with Crippen LogP contribution in [0.1, 0.15) is 46.0 Å². The average Bonchev–Trinajstić information content (AvgIpc) is 2.81. The van der Waals surface area contributed by atoms with E-state index in [1.807, 2.05) is 0 Å². The van der Waals surface area contributed by atoms with E-state index in [9.17, 15) is 0 Å². The van der Waals surface area contributed by atoms with Gasteiger partial charge in [-0.05, 0) is 37.0 Å². The molecule has 0 heterocycles. The molecule has 0 atom stereocenters. The second-order valence-corrected chi connectivity index (χ2v) is 6.11. The molecule has 2 nitrogen and oxygen atoms in total. The van der Waals surface area contributed by atoms with Crippen LogP contribution in [0.2, 0.25) is 0 Å². The summed E-state index contributed by atoms with van der Waals surface area (Å²) in [5.74, 6) is 0.905. The van der Waals surface area contributed by atoms with E-state index in [4.69, 9.17) is 5.26 Å². The Labute approximate surface area is 93.0 Å². The lowest BCUT2D eigenvalue weighted by atomic mass is 9.67. The predicted octanol–water partition coefficient (Wildman–Crippen LogP) is 2.71. The van der Waals surface area contributed by atoms with Gasteiger partial charge in [-0.15, -0.1) is 0 Å². The normalized spacial score (nSPS) is 24.3. The van der Waals surface area contributed by atoms with E-state index in [-0.39, 0.29) is 5.41 Å². The number of rotatable bonds is 5. The Morgan fingerprint density at radius 1 is 1.40 bits per heavy atom. The van der Waals surface area contributed by atoms with Gasteiger partial charge >= 0.3 is 0 Å². The number of hydrogen-bond donors (Lipinski definition) is 1. The van der Waals surface area contributed by atoms with Crippen molar-refractivity contribution in [1.29, 1.82) is 5.26 Å². The zero-order valence-corrected chi connectivity index (χ0v) is 9.97. The zero-order valence-electron chi connectivity index (χ0n) is 9.97. The maximum Gasteiger partial charge on any atom is 0.0703 e. The molecule has 0 aliphatic heterocycles. The van der Waals surface area contributed by atoms with Gasteiger partial charge in [0.1, 0.15) is 0 Å². The standard InChI is InChI=1S/C13H22N2/c1-12(2,11-4-3-5-11)9-15-10-13(8-14)6-7-13/h11,15H,3-7,9-10H2,1-2H3. The van der Waals surface area contributed by atoms with Crippen LogP contribution in [0.5, 0.6) is 0 Å². The molecule has 0 spiro atoms. The largest absolute Gasteiger partial charge is 0.315 e. The van der Waals surface area contributed by atoms with Gasteiger partial charge in [0.05, 0.1) is 11.5 Å². The number of nitriles is 1. The summed E-state index contributed by atoms with van der Waals surface area (Å²) >= 11 is 0. The van der Waals surface area contributed by atoms with E-state index in [1.54, 1.807) is 0 Å². The molecule has 15 heavy (non-hydrogen) atoms. The molecule has 84 valence electrons. The molecule has 2 aliphatic carbocycles. The molecule has 0 radical (unpaired) electrons. The number of nitrogens with zero attached hydrogens (tertiary/aromatic N) is 1. The zero-order chi connectivity index (χ0) is 10.9. The van der Waals surface area contributed by atoms with Crippen LogP contribution in [0.25, 0.3) is 0 Å². The van der Waals surface area contributed by atoms with Gasteiger partial charge in [0.25, 0.3) is 0 Å². The second kappa shape index (κ2) is 3.79. The highest BCUT2D eigenvalue weighted by Gasteiger charge is 2.43. The maximum absolute atomic E-state index is 8.96. The van der Waals surface area contributed by atoms with Crippen LogP contribution < -0.4 is 5.32 Å². The first-order chi connectivity index (χ1) is 7.08. The van der Waals surface area contributed by atoms with Gasteiger partial charge in [-0.25, -0.2) is 0 Å². The van der Waals surface area contributed by atoms with E-state index in [2.05, 4.69) is 25.2 Å². The minimum atomic E-state index is 0.00962. The summed E-state index contributed by atoms with van der Waals surface area (Å²) in [5, 5.41) is 12.5. The van der Waals surface area contributed by atoms with Crippen molar-refractivity contribution < 1.29 is 0 Å². The summed E-state index contributed by atoms with van der Waals surface area (Å²) in [6.07, 6.45) is 6.41. The van der Waals surface area contributed by atoms with E-state index >= 15 is 0 Å². The molecular formula is C13H22N2. The Kier molecular flexibility index (Phi) is 2.77. The Morgan fingerprint density at radius 3 is 2.47 bits per heavy atom. The van der Waals surface area contributed by atoms with Crippen LogP contribution in [-0.2, 0) is 0 Å². The molecule has 0 bridgehead atoms. The van der Waals surface area contributed by atoms with Crippen LogP contribution in [0.15, 0.2) is 0 Å². The highest BCUT2D eigenvalue weighted by Crippen LogP contribution is 2.45. The molecule has 0 aromatic carbocycles.